The van der Waals surface area contributed by atoms with E-state index in [0.29, 0.717) is 6.61 Å². The van der Waals surface area contributed by atoms with Crippen LogP contribution in [0.5, 0.6) is 0 Å². The van der Waals surface area contributed by atoms with Crippen molar-refractivity contribution in [1.29, 1.82) is 0 Å². The van der Waals surface area contributed by atoms with Crippen LogP contribution in [-0.2, 0) is 10.9 Å². The quantitative estimate of drug-likeness (QED) is 0.491. The Bertz CT molecular complexity index is 208. The summed E-state index contributed by atoms with van der Waals surface area (Å²) in [5.41, 5.74) is -0.386. The monoisotopic (exact) mass is 436 g/mol. The van der Waals surface area contributed by atoms with Crippen LogP contribution < -0.4 is 0 Å². The summed E-state index contributed by atoms with van der Waals surface area (Å²) in [5.74, 6) is 0.244. The Morgan fingerprint density at radius 1 is 1.40 bits per heavy atom. The van der Waals surface area contributed by atoms with Gasteiger partial charge < -0.3 is 10.9 Å². The molecule has 6 heteroatoms. The van der Waals surface area contributed by atoms with E-state index in [0.717, 1.165) is 12.8 Å². The highest BCUT2D eigenvalue weighted by Crippen LogP contribution is 2.41. The fourth-order valence-corrected chi connectivity index (χ4v) is 3.54. The fourth-order valence-electron chi connectivity index (χ4n) is 2.18. The second-order valence-corrected chi connectivity index (χ2v) is 4.97. The van der Waals surface area contributed by atoms with E-state index in [9.17, 15) is 0 Å². The molecule has 0 aliphatic carbocycles. The summed E-state index contributed by atoms with van der Waals surface area (Å²) in [7, 11) is 5.97. The van der Waals surface area contributed by atoms with Crippen molar-refractivity contribution in [3.63, 3.8) is 0 Å². The number of rotatable bonds is 5. The molecule has 86 valence electrons. The summed E-state index contributed by atoms with van der Waals surface area (Å²) in [4.78, 5) is 0. The average molecular weight is 436 g/mol. The number of hydrogen-bond donors (Lipinski definition) is 0. The summed E-state index contributed by atoms with van der Waals surface area (Å²) in [6, 6.07) is -0.249. The zero-order valence-corrected chi connectivity index (χ0v) is 13.2. The lowest BCUT2D eigenvalue weighted by molar-refractivity contribution is -0.0709. The van der Waals surface area contributed by atoms with E-state index in [1.165, 1.54) is 0 Å². The SMILES string of the molecule is [B][C@@H]1O[C@](CC)(COI)[C@@H](OI)[C@H]1CC. The van der Waals surface area contributed by atoms with Gasteiger partial charge in [0.05, 0.1) is 6.61 Å². The second kappa shape index (κ2) is 6.37. The molecule has 0 unspecified atom stereocenters. The minimum absolute atomic E-state index is 0.0119. The van der Waals surface area contributed by atoms with E-state index >= 15 is 0 Å². The zero-order valence-electron chi connectivity index (χ0n) is 8.91. The van der Waals surface area contributed by atoms with E-state index in [4.69, 9.17) is 18.7 Å². The minimum atomic E-state index is -0.386. The predicted molar refractivity (Wildman–Crippen MR) is 76.3 cm³/mol. The molecule has 1 aliphatic heterocycles. The van der Waals surface area contributed by atoms with Crippen molar-refractivity contribution in [1.82, 2.24) is 0 Å². The predicted octanol–water partition coefficient (Wildman–Crippen LogP) is 2.79. The Labute approximate surface area is 121 Å². The molecule has 0 N–H and O–H groups in total. The van der Waals surface area contributed by atoms with Gasteiger partial charge in [-0.15, -0.1) is 0 Å². The van der Waals surface area contributed by atoms with Crippen LogP contribution in [-0.4, -0.2) is 32.2 Å². The van der Waals surface area contributed by atoms with Crippen molar-refractivity contribution in [3.8, 4) is 0 Å². The topological polar surface area (TPSA) is 27.7 Å². The molecular weight excluding hydrogens is 421 g/mol. The van der Waals surface area contributed by atoms with Crippen LogP contribution in [0.4, 0.5) is 0 Å². The smallest absolute Gasteiger partial charge is 0.119 e. The third-order valence-electron chi connectivity index (χ3n) is 3.16. The lowest BCUT2D eigenvalue weighted by atomic mass is 9.80. The standard InChI is InChI=1S/C9H15BI2O3/c1-3-6-7(15-12)9(4-2,5-13-11)14-8(6)10/h6-8H,3-5H2,1-2H3/t6-,7+,8-,9-/m1/s1. The third-order valence-corrected chi connectivity index (χ3v) is 4.02. The molecule has 0 saturated carbocycles. The summed E-state index contributed by atoms with van der Waals surface area (Å²) in [5, 5.41) is 0. The molecule has 1 heterocycles. The molecule has 1 fully saturated rings. The van der Waals surface area contributed by atoms with E-state index < -0.39 is 0 Å². The zero-order chi connectivity index (χ0) is 11.5. The van der Waals surface area contributed by atoms with Gasteiger partial charge in [-0.3, -0.25) is 0 Å². The maximum absolute atomic E-state index is 5.97. The highest BCUT2D eigenvalue weighted by Gasteiger charge is 2.52. The molecule has 1 aliphatic rings. The molecule has 0 amide bonds. The Hall–Kier alpha value is 1.40. The summed E-state index contributed by atoms with van der Waals surface area (Å²) in [6.07, 6.45) is 1.81. The van der Waals surface area contributed by atoms with Crippen LogP contribution in [0, 0.1) is 5.92 Å². The molecule has 0 spiro atoms. The van der Waals surface area contributed by atoms with Gasteiger partial charge in [0.1, 0.15) is 65.6 Å². The Morgan fingerprint density at radius 2 is 2.07 bits per heavy atom. The van der Waals surface area contributed by atoms with Crippen molar-refractivity contribution in [2.75, 3.05) is 6.61 Å². The minimum Gasteiger partial charge on any atom is -0.376 e. The van der Waals surface area contributed by atoms with E-state index in [1.54, 1.807) is 0 Å². The molecule has 0 aromatic carbocycles. The molecule has 15 heavy (non-hydrogen) atoms. The first-order chi connectivity index (χ1) is 7.15. The van der Waals surface area contributed by atoms with Gasteiger partial charge in [0.2, 0.25) is 0 Å². The highest BCUT2D eigenvalue weighted by atomic mass is 127. The van der Waals surface area contributed by atoms with Crippen LogP contribution in [0.3, 0.4) is 0 Å². The summed E-state index contributed by atoms with van der Waals surface area (Å²) >= 11 is 3.82. The van der Waals surface area contributed by atoms with Crippen LogP contribution >= 0.6 is 46.0 Å². The Balaban J connectivity index is 2.87. The Kier molecular flexibility index (Phi) is 6.14. The Morgan fingerprint density at radius 3 is 2.47 bits per heavy atom. The lowest BCUT2D eigenvalue weighted by Gasteiger charge is -2.32. The van der Waals surface area contributed by atoms with E-state index in [1.807, 2.05) is 46.0 Å². The van der Waals surface area contributed by atoms with Crippen molar-refractivity contribution < 1.29 is 10.9 Å². The number of ether oxygens (including phenoxy) is 1. The molecule has 3 nitrogen and oxygen atoms in total. The van der Waals surface area contributed by atoms with Gasteiger partial charge >= 0.3 is 0 Å². The molecule has 0 aromatic heterocycles. The van der Waals surface area contributed by atoms with Crippen LogP contribution in [0.25, 0.3) is 0 Å². The molecule has 2 radical (unpaired) electrons. The lowest BCUT2D eigenvalue weighted by Crippen LogP contribution is -2.44. The van der Waals surface area contributed by atoms with Crippen molar-refractivity contribution in [2.24, 2.45) is 5.92 Å². The first-order valence-electron chi connectivity index (χ1n) is 5.09. The highest BCUT2D eigenvalue weighted by molar-refractivity contribution is 14.1. The van der Waals surface area contributed by atoms with Gasteiger partial charge in [-0.05, 0) is 12.8 Å². The van der Waals surface area contributed by atoms with Gasteiger partial charge in [-0.1, -0.05) is 13.8 Å². The maximum Gasteiger partial charge on any atom is 0.119 e. The van der Waals surface area contributed by atoms with Crippen LogP contribution in [0.15, 0.2) is 0 Å². The van der Waals surface area contributed by atoms with E-state index in [2.05, 4.69) is 13.8 Å². The van der Waals surface area contributed by atoms with Crippen molar-refractivity contribution in [2.45, 2.75) is 44.4 Å². The summed E-state index contributed by atoms with van der Waals surface area (Å²) < 4.78 is 16.6. The van der Waals surface area contributed by atoms with Crippen molar-refractivity contribution in [3.05, 3.63) is 0 Å². The van der Waals surface area contributed by atoms with Gasteiger partial charge in [-0.25, -0.2) is 0 Å². The van der Waals surface area contributed by atoms with Crippen molar-refractivity contribution >= 4 is 53.9 Å². The summed E-state index contributed by atoms with van der Waals surface area (Å²) in [6.45, 7) is 4.69. The maximum atomic E-state index is 5.97. The number of halogens is 2. The molecule has 1 rings (SSSR count). The fraction of sp³-hybridized carbons (Fsp3) is 1.00. The first-order valence-corrected chi connectivity index (χ1v) is 6.85. The van der Waals surface area contributed by atoms with Gasteiger partial charge in [0, 0.05) is 11.9 Å². The molecule has 1 saturated heterocycles. The third kappa shape index (κ3) is 2.81. The van der Waals surface area contributed by atoms with Gasteiger partial charge in [0.25, 0.3) is 0 Å². The van der Waals surface area contributed by atoms with E-state index in [-0.39, 0.29) is 23.6 Å². The second-order valence-electron chi connectivity index (χ2n) is 3.84. The molecular formula is C9H15BI2O3. The number of hydrogen-bond acceptors (Lipinski definition) is 3. The van der Waals surface area contributed by atoms with Gasteiger partial charge in [-0.2, -0.15) is 0 Å². The largest absolute Gasteiger partial charge is 0.376 e. The normalized spacial score (nSPS) is 40.9. The molecule has 4 atom stereocenters. The molecule has 0 bridgehead atoms. The van der Waals surface area contributed by atoms with Gasteiger partial charge in [0.15, 0.2) is 0 Å². The van der Waals surface area contributed by atoms with Crippen LogP contribution in [0.1, 0.15) is 26.7 Å². The average Bonchev–Trinajstić information content (AvgIpc) is 2.51. The molecule has 0 aromatic rings. The van der Waals surface area contributed by atoms with Crippen LogP contribution in [0.2, 0.25) is 0 Å². The first kappa shape index (κ1) is 14.5.